The van der Waals surface area contributed by atoms with E-state index in [1.54, 1.807) is 24.3 Å². The minimum absolute atomic E-state index is 0.0111. The Morgan fingerprint density at radius 2 is 1.42 bits per heavy atom. The van der Waals surface area contributed by atoms with Gasteiger partial charge >= 0.3 is 12.4 Å². The van der Waals surface area contributed by atoms with Crippen molar-refractivity contribution < 1.29 is 35.9 Å². The maximum Gasteiger partial charge on any atom is 0.416 e. The molecule has 2 unspecified atom stereocenters. The van der Waals surface area contributed by atoms with E-state index in [0.717, 1.165) is 5.56 Å². The van der Waals surface area contributed by atoms with Crippen LogP contribution in [0.4, 0.5) is 26.3 Å². The van der Waals surface area contributed by atoms with E-state index in [4.69, 9.17) is 11.6 Å². The summed E-state index contributed by atoms with van der Waals surface area (Å²) in [5.41, 5.74) is -2.86. The van der Waals surface area contributed by atoms with Gasteiger partial charge in [-0.1, -0.05) is 23.7 Å². The van der Waals surface area contributed by atoms with Crippen LogP contribution in [0.15, 0.2) is 42.5 Å². The Labute approximate surface area is 208 Å². The molecular weight excluding hydrogens is 510 g/mol. The van der Waals surface area contributed by atoms with Gasteiger partial charge in [-0.3, -0.25) is 14.5 Å². The van der Waals surface area contributed by atoms with E-state index in [1.807, 2.05) is 0 Å². The molecule has 2 aromatic carbocycles. The van der Waals surface area contributed by atoms with Gasteiger partial charge in [0.25, 0.3) is 5.91 Å². The summed E-state index contributed by atoms with van der Waals surface area (Å²) < 4.78 is 79.9. The maximum atomic E-state index is 13.3. The number of alkyl halides is 6. The van der Waals surface area contributed by atoms with Gasteiger partial charge in [0.15, 0.2) is 0 Å². The first-order valence-electron chi connectivity index (χ1n) is 11.4. The van der Waals surface area contributed by atoms with Gasteiger partial charge in [0, 0.05) is 61.6 Å². The van der Waals surface area contributed by atoms with Crippen molar-refractivity contribution in [3.8, 4) is 0 Å². The summed E-state index contributed by atoms with van der Waals surface area (Å²) in [5, 5.41) is 0.506. The number of rotatable bonds is 3. The molecule has 0 aromatic heterocycles. The molecule has 2 aromatic rings. The number of piperidine rings is 2. The van der Waals surface area contributed by atoms with Gasteiger partial charge in [-0.2, -0.15) is 26.3 Å². The molecule has 0 spiro atoms. The molecule has 4 nitrogen and oxygen atoms in total. The molecule has 2 aliphatic heterocycles. The van der Waals surface area contributed by atoms with Crippen molar-refractivity contribution in [3.05, 3.63) is 69.7 Å². The van der Waals surface area contributed by atoms with Crippen LogP contribution in [0.1, 0.15) is 52.2 Å². The highest BCUT2D eigenvalue weighted by Crippen LogP contribution is 2.38. The van der Waals surface area contributed by atoms with Crippen molar-refractivity contribution in [1.29, 1.82) is 0 Å². The Morgan fingerprint density at radius 1 is 0.861 bits per heavy atom. The third-order valence-electron chi connectivity index (χ3n) is 6.82. The monoisotopic (exact) mass is 532 g/mol. The fourth-order valence-electron chi connectivity index (χ4n) is 4.96. The second-order valence-corrected chi connectivity index (χ2v) is 9.57. The third-order valence-corrected chi connectivity index (χ3v) is 7.07. The first-order chi connectivity index (χ1) is 16.8. The van der Waals surface area contributed by atoms with Crippen LogP contribution in [0.5, 0.6) is 0 Å². The highest BCUT2D eigenvalue weighted by molar-refractivity contribution is 6.30. The second-order valence-electron chi connectivity index (χ2n) is 9.13. The number of carbonyl (C=O) groups excluding carboxylic acids is 2. The van der Waals surface area contributed by atoms with Crippen molar-refractivity contribution in [1.82, 2.24) is 9.80 Å². The molecule has 0 saturated carbocycles. The Balaban J connectivity index is 1.65. The Morgan fingerprint density at radius 3 is 1.94 bits per heavy atom. The van der Waals surface area contributed by atoms with E-state index in [9.17, 15) is 35.9 Å². The number of halogens is 7. The molecule has 0 bridgehead atoms. The quantitative estimate of drug-likeness (QED) is 0.453. The zero-order valence-corrected chi connectivity index (χ0v) is 19.8. The van der Waals surface area contributed by atoms with Crippen LogP contribution < -0.4 is 0 Å². The predicted octanol–water partition coefficient (Wildman–Crippen LogP) is 6.04. The number of hydrogen-bond acceptors (Lipinski definition) is 3. The van der Waals surface area contributed by atoms with Crippen LogP contribution in [0.2, 0.25) is 5.02 Å². The molecule has 2 fully saturated rings. The number of hydrogen-bond donors (Lipinski definition) is 0. The zero-order chi connectivity index (χ0) is 26.3. The van der Waals surface area contributed by atoms with Crippen LogP contribution in [0, 0.1) is 0 Å². The highest BCUT2D eigenvalue weighted by Gasteiger charge is 2.40. The number of carbonyl (C=O) groups is 2. The van der Waals surface area contributed by atoms with Crippen molar-refractivity contribution in [3.63, 3.8) is 0 Å². The number of likely N-dealkylation sites (tertiary alicyclic amines) is 2. The summed E-state index contributed by atoms with van der Waals surface area (Å²) >= 11 is 6.02. The molecule has 36 heavy (non-hydrogen) atoms. The Hall–Kier alpha value is -2.59. The summed E-state index contributed by atoms with van der Waals surface area (Å²) in [5.74, 6) is -0.981. The largest absolute Gasteiger partial charge is 0.416 e. The number of nitrogens with zero attached hydrogens (tertiary/aromatic N) is 2. The van der Waals surface area contributed by atoms with Crippen molar-refractivity contribution >= 4 is 23.3 Å². The lowest BCUT2D eigenvalue weighted by Crippen LogP contribution is -2.53. The van der Waals surface area contributed by atoms with Crippen LogP contribution in [-0.4, -0.2) is 53.7 Å². The van der Waals surface area contributed by atoms with Crippen LogP contribution in [-0.2, 0) is 17.1 Å². The van der Waals surface area contributed by atoms with Crippen molar-refractivity contribution in [2.75, 3.05) is 26.2 Å². The van der Waals surface area contributed by atoms with Gasteiger partial charge in [0.2, 0.25) is 0 Å². The maximum absolute atomic E-state index is 13.3. The Kier molecular flexibility index (Phi) is 7.39. The molecule has 2 atom stereocenters. The number of ketones is 1. The average molecular weight is 533 g/mol. The standard InChI is InChI=1S/C25H23ClF6N2O2/c26-19-3-1-15(2-4-19)21-14-34(10-7-22(21)33-8-5-20(35)6-9-33)23(36)16-11-17(24(27,28)29)13-18(12-16)25(30,31)32/h1-4,11-13,21-22H,5-10,14H2. The first-order valence-corrected chi connectivity index (χ1v) is 11.8. The minimum atomic E-state index is -5.04. The predicted molar refractivity (Wildman–Crippen MR) is 121 cm³/mol. The molecule has 0 N–H and O–H groups in total. The van der Waals surface area contributed by atoms with Gasteiger partial charge in [0.1, 0.15) is 5.78 Å². The van der Waals surface area contributed by atoms with Crippen LogP contribution >= 0.6 is 11.6 Å². The smallest absolute Gasteiger partial charge is 0.338 e. The lowest BCUT2D eigenvalue weighted by Gasteiger charge is -2.45. The molecule has 2 saturated heterocycles. The molecule has 2 aliphatic rings. The van der Waals surface area contributed by atoms with E-state index in [2.05, 4.69) is 4.90 Å². The van der Waals surface area contributed by atoms with Gasteiger partial charge < -0.3 is 4.90 Å². The van der Waals surface area contributed by atoms with E-state index in [1.165, 1.54) is 4.90 Å². The van der Waals surface area contributed by atoms with Gasteiger partial charge in [0.05, 0.1) is 11.1 Å². The van der Waals surface area contributed by atoms with Crippen molar-refractivity contribution in [2.24, 2.45) is 0 Å². The molecular formula is C25H23ClF6N2O2. The Bertz CT molecular complexity index is 1090. The fourth-order valence-corrected chi connectivity index (χ4v) is 5.09. The lowest BCUT2D eigenvalue weighted by molar-refractivity contribution is -0.143. The van der Waals surface area contributed by atoms with Crippen LogP contribution in [0.3, 0.4) is 0 Å². The number of amides is 1. The molecule has 4 rings (SSSR count). The summed E-state index contributed by atoms with van der Waals surface area (Å²) in [6, 6.07) is 7.89. The minimum Gasteiger partial charge on any atom is -0.338 e. The average Bonchev–Trinajstić information content (AvgIpc) is 2.83. The second kappa shape index (κ2) is 10.0. The van der Waals surface area contributed by atoms with Gasteiger partial charge in [-0.05, 0) is 42.3 Å². The lowest BCUT2D eigenvalue weighted by atomic mass is 9.83. The topological polar surface area (TPSA) is 40.6 Å². The fraction of sp³-hybridized carbons (Fsp3) is 0.440. The third kappa shape index (κ3) is 5.86. The molecule has 0 aliphatic carbocycles. The SMILES string of the molecule is O=C1CCN(C2CCN(C(=O)c3cc(C(F)(F)F)cc(C(F)(F)F)c3)CC2c2ccc(Cl)cc2)CC1. The van der Waals surface area contributed by atoms with Gasteiger partial charge in [-0.15, -0.1) is 0 Å². The summed E-state index contributed by atoms with van der Waals surface area (Å²) in [7, 11) is 0. The molecule has 194 valence electrons. The number of benzene rings is 2. The van der Waals surface area contributed by atoms with E-state index < -0.39 is 35.0 Å². The first kappa shape index (κ1) is 26.5. The van der Waals surface area contributed by atoms with Crippen molar-refractivity contribution in [2.45, 2.75) is 43.6 Å². The summed E-state index contributed by atoms with van der Waals surface area (Å²) in [4.78, 5) is 28.4. The highest BCUT2D eigenvalue weighted by atomic mass is 35.5. The van der Waals surface area contributed by atoms with Gasteiger partial charge in [-0.25, -0.2) is 0 Å². The molecule has 1 amide bonds. The summed E-state index contributed by atoms with van der Waals surface area (Å²) in [6.07, 6.45) is -8.80. The van der Waals surface area contributed by atoms with E-state index in [-0.39, 0.29) is 36.9 Å². The molecule has 11 heteroatoms. The zero-order valence-electron chi connectivity index (χ0n) is 19.0. The number of Topliss-reactive ketones (excluding diaryl/α,β-unsaturated/α-hetero) is 1. The van der Waals surface area contributed by atoms with E-state index in [0.29, 0.717) is 49.5 Å². The van der Waals surface area contributed by atoms with Crippen LogP contribution in [0.25, 0.3) is 0 Å². The normalized spacial score (nSPS) is 22.1. The molecule has 0 radical (unpaired) electrons. The van der Waals surface area contributed by atoms with E-state index >= 15 is 0 Å². The molecule has 2 heterocycles. The summed E-state index contributed by atoms with van der Waals surface area (Å²) in [6.45, 7) is 1.39.